The molecule has 0 aliphatic carbocycles. The van der Waals surface area contributed by atoms with E-state index in [1.807, 2.05) is 30.3 Å². The topological polar surface area (TPSA) is 85.4 Å². The summed E-state index contributed by atoms with van der Waals surface area (Å²) in [6.07, 6.45) is 0. The summed E-state index contributed by atoms with van der Waals surface area (Å²) in [6.45, 7) is 0. The summed E-state index contributed by atoms with van der Waals surface area (Å²) >= 11 is 0. The van der Waals surface area contributed by atoms with Crippen LogP contribution >= 0.6 is 0 Å². The Hall–Kier alpha value is -3.67. The van der Waals surface area contributed by atoms with Crippen LogP contribution < -0.4 is 5.32 Å². The summed E-state index contributed by atoms with van der Waals surface area (Å²) in [6, 6.07) is 18.6. The number of amides is 1. The molecular weight excluding hydrogens is 320 g/mol. The monoisotopic (exact) mass is 332 g/mol. The molecule has 0 saturated carbocycles. The molecule has 0 bridgehead atoms. The first kappa shape index (κ1) is 14.9. The number of furan rings is 1. The number of nitro benzene ring substituents is 1. The van der Waals surface area contributed by atoms with E-state index >= 15 is 0 Å². The van der Waals surface area contributed by atoms with Gasteiger partial charge in [-0.15, -0.1) is 0 Å². The van der Waals surface area contributed by atoms with E-state index in [0.29, 0.717) is 11.3 Å². The summed E-state index contributed by atoms with van der Waals surface area (Å²) in [7, 11) is 0. The highest BCUT2D eigenvalue weighted by Crippen LogP contribution is 2.30. The first-order chi connectivity index (χ1) is 12.1. The molecule has 0 fully saturated rings. The molecule has 0 atom stereocenters. The molecule has 0 aliphatic rings. The van der Waals surface area contributed by atoms with Crippen molar-refractivity contribution in [3.63, 3.8) is 0 Å². The van der Waals surface area contributed by atoms with Crippen LogP contribution in [0.15, 0.2) is 71.1 Å². The van der Waals surface area contributed by atoms with Gasteiger partial charge in [0.1, 0.15) is 11.2 Å². The minimum absolute atomic E-state index is 0.0529. The highest BCUT2D eigenvalue weighted by Gasteiger charge is 2.11. The van der Waals surface area contributed by atoms with Gasteiger partial charge in [-0.1, -0.05) is 18.2 Å². The fourth-order valence-electron chi connectivity index (χ4n) is 2.74. The van der Waals surface area contributed by atoms with Crippen LogP contribution in [0.25, 0.3) is 21.9 Å². The second-order valence-corrected chi connectivity index (χ2v) is 5.57. The van der Waals surface area contributed by atoms with Crippen molar-refractivity contribution in [3.8, 4) is 0 Å². The molecule has 0 saturated heterocycles. The Morgan fingerprint density at radius 3 is 2.40 bits per heavy atom. The molecular formula is C19H12N2O4. The standard InChI is InChI=1S/C19H12N2O4/c22-19(12-5-8-14(9-6-12)21(23)24)20-13-7-10-18-16(11-13)15-3-1-2-4-17(15)25-18/h1-11H,(H,20,22). The fraction of sp³-hybridized carbons (Fsp3) is 0. The zero-order valence-electron chi connectivity index (χ0n) is 12.9. The Morgan fingerprint density at radius 2 is 1.64 bits per heavy atom. The number of para-hydroxylation sites is 1. The molecule has 3 aromatic carbocycles. The van der Waals surface area contributed by atoms with E-state index in [-0.39, 0.29) is 11.6 Å². The first-order valence-electron chi connectivity index (χ1n) is 7.59. The van der Waals surface area contributed by atoms with Crippen molar-refractivity contribution in [1.82, 2.24) is 0 Å². The second-order valence-electron chi connectivity index (χ2n) is 5.57. The first-order valence-corrected chi connectivity index (χ1v) is 7.59. The van der Waals surface area contributed by atoms with E-state index in [1.54, 1.807) is 12.1 Å². The van der Waals surface area contributed by atoms with Gasteiger partial charge in [0.2, 0.25) is 0 Å². The van der Waals surface area contributed by atoms with Crippen molar-refractivity contribution >= 4 is 39.2 Å². The molecule has 1 aromatic heterocycles. The van der Waals surface area contributed by atoms with Crippen LogP contribution in [0.5, 0.6) is 0 Å². The lowest BCUT2D eigenvalue weighted by atomic mass is 10.1. The van der Waals surface area contributed by atoms with Gasteiger partial charge < -0.3 is 9.73 Å². The Labute approximate surface area is 141 Å². The number of nitrogens with one attached hydrogen (secondary N) is 1. The number of non-ortho nitro benzene ring substituents is 1. The maximum atomic E-state index is 12.3. The van der Waals surface area contributed by atoms with Crippen molar-refractivity contribution < 1.29 is 14.1 Å². The average Bonchev–Trinajstić information content (AvgIpc) is 3.00. The van der Waals surface area contributed by atoms with E-state index in [4.69, 9.17) is 4.42 Å². The third-order valence-electron chi connectivity index (χ3n) is 3.97. The van der Waals surface area contributed by atoms with E-state index in [2.05, 4.69) is 5.32 Å². The van der Waals surface area contributed by atoms with Gasteiger partial charge in [-0.05, 0) is 36.4 Å². The highest BCUT2D eigenvalue weighted by molar-refractivity contribution is 6.09. The zero-order valence-corrected chi connectivity index (χ0v) is 12.9. The van der Waals surface area contributed by atoms with Crippen molar-refractivity contribution in [2.24, 2.45) is 0 Å². The molecule has 0 spiro atoms. The largest absolute Gasteiger partial charge is 0.456 e. The SMILES string of the molecule is O=C(Nc1ccc2oc3ccccc3c2c1)c1ccc([N+](=O)[O-])cc1. The molecule has 0 aliphatic heterocycles. The van der Waals surface area contributed by atoms with Crippen molar-refractivity contribution in [2.45, 2.75) is 0 Å². The second kappa shape index (κ2) is 5.76. The molecule has 25 heavy (non-hydrogen) atoms. The van der Waals surface area contributed by atoms with Gasteiger partial charge in [0.25, 0.3) is 11.6 Å². The molecule has 122 valence electrons. The van der Waals surface area contributed by atoms with Gasteiger partial charge in [-0.25, -0.2) is 0 Å². The molecule has 0 unspecified atom stereocenters. The Balaban J connectivity index is 1.64. The van der Waals surface area contributed by atoms with Crippen LogP contribution in [0.3, 0.4) is 0 Å². The molecule has 1 N–H and O–H groups in total. The number of carbonyl (C=O) groups is 1. The van der Waals surface area contributed by atoms with Crippen LogP contribution in [0.4, 0.5) is 11.4 Å². The van der Waals surface area contributed by atoms with Gasteiger partial charge in [0.15, 0.2) is 0 Å². The summed E-state index contributed by atoms with van der Waals surface area (Å²) in [4.78, 5) is 22.5. The molecule has 6 heteroatoms. The van der Waals surface area contributed by atoms with E-state index in [1.165, 1.54) is 24.3 Å². The number of rotatable bonds is 3. The number of nitro groups is 1. The minimum Gasteiger partial charge on any atom is -0.456 e. The third-order valence-corrected chi connectivity index (χ3v) is 3.97. The van der Waals surface area contributed by atoms with Crippen LogP contribution in [-0.2, 0) is 0 Å². The van der Waals surface area contributed by atoms with Crippen molar-refractivity contribution in [3.05, 3.63) is 82.4 Å². The van der Waals surface area contributed by atoms with Crippen LogP contribution in [0.2, 0.25) is 0 Å². The van der Waals surface area contributed by atoms with Gasteiger partial charge in [-0.3, -0.25) is 14.9 Å². The summed E-state index contributed by atoms with van der Waals surface area (Å²) in [5.74, 6) is -0.331. The Morgan fingerprint density at radius 1 is 0.920 bits per heavy atom. The van der Waals surface area contributed by atoms with Crippen molar-refractivity contribution in [1.29, 1.82) is 0 Å². The number of hydrogen-bond donors (Lipinski definition) is 1. The third kappa shape index (κ3) is 2.70. The summed E-state index contributed by atoms with van der Waals surface area (Å²) in [5, 5.41) is 15.4. The average molecular weight is 332 g/mol. The summed E-state index contributed by atoms with van der Waals surface area (Å²) < 4.78 is 5.76. The maximum absolute atomic E-state index is 12.3. The van der Waals surface area contributed by atoms with Crippen LogP contribution in [0.1, 0.15) is 10.4 Å². The number of fused-ring (bicyclic) bond motifs is 3. The van der Waals surface area contributed by atoms with Crippen LogP contribution in [0, 0.1) is 10.1 Å². The quantitative estimate of drug-likeness (QED) is 0.433. The number of nitrogens with zero attached hydrogens (tertiary/aromatic N) is 1. The fourth-order valence-corrected chi connectivity index (χ4v) is 2.74. The number of hydrogen-bond acceptors (Lipinski definition) is 4. The van der Waals surface area contributed by atoms with E-state index < -0.39 is 4.92 Å². The normalized spacial score (nSPS) is 10.9. The smallest absolute Gasteiger partial charge is 0.269 e. The lowest BCUT2D eigenvalue weighted by Crippen LogP contribution is -2.11. The molecule has 1 amide bonds. The van der Waals surface area contributed by atoms with Crippen molar-refractivity contribution in [2.75, 3.05) is 5.32 Å². The Bertz CT molecular complexity index is 1110. The van der Waals surface area contributed by atoms with Gasteiger partial charge in [0.05, 0.1) is 4.92 Å². The lowest BCUT2D eigenvalue weighted by molar-refractivity contribution is -0.384. The molecule has 1 heterocycles. The van der Waals surface area contributed by atoms with E-state index in [0.717, 1.165) is 21.9 Å². The molecule has 4 aromatic rings. The minimum atomic E-state index is -0.500. The summed E-state index contributed by atoms with van der Waals surface area (Å²) in [5.41, 5.74) is 2.46. The van der Waals surface area contributed by atoms with Gasteiger partial charge >= 0.3 is 0 Å². The van der Waals surface area contributed by atoms with Gasteiger partial charge in [0, 0.05) is 34.2 Å². The predicted octanol–water partition coefficient (Wildman–Crippen LogP) is 4.75. The van der Waals surface area contributed by atoms with Gasteiger partial charge in [-0.2, -0.15) is 0 Å². The lowest BCUT2D eigenvalue weighted by Gasteiger charge is -2.05. The maximum Gasteiger partial charge on any atom is 0.269 e. The predicted molar refractivity (Wildman–Crippen MR) is 94.8 cm³/mol. The van der Waals surface area contributed by atoms with E-state index in [9.17, 15) is 14.9 Å². The van der Waals surface area contributed by atoms with Crippen LogP contribution in [-0.4, -0.2) is 10.8 Å². The Kier molecular flexibility index (Phi) is 3.43. The zero-order chi connectivity index (χ0) is 17.4. The number of carbonyl (C=O) groups excluding carboxylic acids is 1. The highest BCUT2D eigenvalue weighted by atomic mass is 16.6. The molecule has 4 rings (SSSR count). The molecule has 6 nitrogen and oxygen atoms in total. The number of anilines is 1. The molecule has 0 radical (unpaired) electrons. The number of benzene rings is 3.